The minimum Gasteiger partial charge on any atom is -0.399 e. The number of sulfone groups is 1. The lowest BCUT2D eigenvalue weighted by molar-refractivity contribution is -0.121. The Morgan fingerprint density at radius 2 is 1.90 bits per heavy atom. The molecule has 0 saturated heterocycles. The number of aryl methyl sites for hydroxylation is 1. The molecule has 20 heavy (non-hydrogen) atoms. The van der Waals surface area contributed by atoms with Gasteiger partial charge in [0.05, 0.1) is 4.75 Å². The zero-order valence-electron chi connectivity index (χ0n) is 12.1. The second-order valence-corrected chi connectivity index (χ2v) is 8.16. The van der Waals surface area contributed by atoms with Crippen LogP contribution in [0.15, 0.2) is 24.3 Å². The molecule has 112 valence electrons. The topological polar surface area (TPSA) is 89.3 Å². The Morgan fingerprint density at radius 1 is 1.30 bits per heavy atom. The minimum absolute atomic E-state index is 0.106. The van der Waals surface area contributed by atoms with Gasteiger partial charge >= 0.3 is 0 Å². The Balaban J connectivity index is 2.48. The number of para-hydroxylation sites is 1. The van der Waals surface area contributed by atoms with Gasteiger partial charge in [-0.2, -0.15) is 0 Å². The fraction of sp³-hybridized carbons (Fsp3) is 0.500. The maximum absolute atomic E-state index is 11.8. The fourth-order valence-corrected chi connectivity index (χ4v) is 1.88. The Bertz CT molecular complexity index is 580. The van der Waals surface area contributed by atoms with Gasteiger partial charge in [0.25, 0.3) is 0 Å². The first-order valence-electron chi connectivity index (χ1n) is 6.43. The molecule has 0 saturated carbocycles. The van der Waals surface area contributed by atoms with Crippen molar-refractivity contribution < 1.29 is 13.2 Å². The van der Waals surface area contributed by atoms with Crippen LogP contribution in [0, 0.1) is 0 Å². The standard InChI is InChI=1S/C14H22N2O3S/c1-14(2,20(3,18)19)10-16-13(17)9-8-11-6-4-5-7-12(11)15/h4-7H,8-10,15H2,1-3H3,(H,16,17). The maximum atomic E-state index is 11.8. The SMILES string of the molecule is CC(C)(CNC(=O)CCc1ccccc1N)S(C)(=O)=O. The number of rotatable bonds is 6. The molecule has 1 aromatic carbocycles. The van der Waals surface area contributed by atoms with Gasteiger partial charge in [-0.1, -0.05) is 18.2 Å². The van der Waals surface area contributed by atoms with Gasteiger partial charge in [-0.3, -0.25) is 4.79 Å². The molecule has 0 aliphatic heterocycles. The zero-order chi connectivity index (χ0) is 15.4. The number of carbonyl (C=O) groups excluding carboxylic acids is 1. The minimum atomic E-state index is -3.21. The van der Waals surface area contributed by atoms with Gasteiger partial charge in [-0.15, -0.1) is 0 Å². The highest BCUT2D eigenvalue weighted by Crippen LogP contribution is 2.14. The van der Waals surface area contributed by atoms with Crippen LogP contribution in [0.2, 0.25) is 0 Å². The predicted molar refractivity (Wildman–Crippen MR) is 81.1 cm³/mol. The predicted octanol–water partition coefficient (Wildman–Crippen LogP) is 1.14. The quantitative estimate of drug-likeness (QED) is 0.771. The third-order valence-corrected chi connectivity index (χ3v) is 5.54. The molecular weight excluding hydrogens is 276 g/mol. The van der Waals surface area contributed by atoms with Gasteiger partial charge in [0.1, 0.15) is 0 Å². The molecule has 1 aromatic rings. The lowest BCUT2D eigenvalue weighted by Gasteiger charge is -2.22. The van der Waals surface area contributed by atoms with Crippen molar-refractivity contribution in [1.29, 1.82) is 0 Å². The molecule has 0 aromatic heterocycles. The first-order valence-corrected chi connectivity index (χ1v) is 8.32. The summed E-state index contributed by atoms with van der Waals surface area (Å²) in [4.78, 5) is 11.8. The van der Waals surface area contributed by atoms with E-state index in [-0.39, 0.29) is 18.9 Å². The monoisotopic (exact) mass is 298 g/mol. The molecule has 0 radical (unpaired) electrons. The van der Waals surface area contributed by atoms with E-state index >= 15 is 0 Å². The molecule has 0 spiro atoms. The Labute approximate surface area is 120 Å². The lowest BCUT2D eigenvalue weighted by atomic mass is 10.1. The van der Waals surface area contributed by atoms with Crippen LogP contribution in [0.25, 0.3) is 0 Å². The molecule has 1 amide bonds. The Hall–Kier alpha value is -1.56. The van der Waals surface area contributed by atoms with E-state index in [9.17, 15) is 13.2 Å². The molecule has 6 heteroatoms. The number of benzene rings is 1. The fourth-order valence-electron chi connectivity index (χ4n) is 1.54. The van der Waals surface area contributed by atoms with Crippen LogP contribution in [0.1, 0.15) is 25.8 Å². The summed E-state index contributed by atoms with van der Waals surface area (Å²) in [7, 11) is -3.21. The van der Waals surface area contributed by atoms with Gasteiger partial charge < -0.3 is 11.1 Å². The van der Waals surface area contributed by atoms with Gasteiger partial charge in [0.2, 0.25) is 5.91 Å². The smallest absolute Gasteiger partial charge is 0.220 e. The van der Waals surface area contributed by atoms with Crippen LogP contribution in [-0.2, 0) is 21.1 Å². The Morgan fingerprint density at radius 3 is 2.45 bits per heavy atom. The second-order valence-electron chi connectivity index (χ2n) is 5.51. The number of nitrogens with one attached hydrogen (secondary N) is 1. The third-order valence-electron chi connectivity index (χ3n) is 3.39. The summed E-state index contributed by atoms with van der Waals surface area (Å²) in [5.41, 5.74) is 7.38. The third kappa shape index (κ3) is 4.52. The molecule has 1 rings (SSSR count). The first kappa shape index (κ1) is 16.5. The molecule has 5 nitrogen and oxygen atoms in total. The maximum Gasteiger partial charge on any atom is 0.220 e. The van der Waals surface area contributed by atoms with Crippen molar-refractivity contribution in [3.05, 3.63) is 29.8 Å². The van der Waals surface area contributed by atoms with Crippen molar-refractivity contribution in [2.75, 3.05) is 18.5 Å². The summed E-state index contributed by atoms with van der Waals surface area (Å²) in [5, 5.41) is 2.66. The highest BCUT2D eigenvalue weighted by atomic mass is 32.2. The molecule has 0 heterocycles. The summed E-state index contributed by atoms with van der Waals surface area (Å²) in [5.74, 6) is -0.176. The van der Waals surface area contributed by atoms with E-state index in [2.05, 4.69) is 5.32 Å². The van der Waals surface area contributed by atoms with Crippen LogP contribution in [0.5, 0.6) is 0 Å². The van der Waals surface area contributed by atoms with Crippen LogP contribution < -0.4 is 11.1 Å². The molecule has 0 aliphatic carbocycles. The number of carbonyl (C=O) groups is 1. The summed E-state index contributed by atoms with van der Waals surface area (Å²) in [6.07, 6.45) is 2.00. The van der Waals surface area contributed by atoms with Crippen molar-refractivity contribution in [2.45, 2.75) is 31.4 Å². The second kappa shape index (κ2) is 6.26. The number of nitrogen functional groups attached to an aromatic ring is 1. The largest absolute Gasteiger partial charge is 0.399 e. The van der Waals surface area contributed by atoms with E-state index in [1.54, 1.807) is 19.9 Å². The first-order chi connectivity index (χ1) is 9.13. The zero-order valence-corrected chi connectivity index (χ0v) is 13.0. The van der Waals surface area contributed by atoms with Crippen LogP contribution in [0.4, 0.5) is 5.69 Å². The summed E-state index contributed by atoms with van der Waals surface area (Å²) in [6.45, 7) is 3.30. The lowest BCUT2D eigenvalue weighted by Crippen LogP contribution is -2.43. The molecule has 0 fully saturated rings. The van der Waals surface area contributed by atoms with Gasteiger partial charge in [0, 0.05) is 24.9 Å². The highest BCUT2D eigenvalue weighted by Gasteiger charge is 2.30. The molecule has 0 aliphatic rings. The van der Waals surface area contributed by atoms with Crippen molar-refractivity contribution in [2.24, 2.45) is 0 Å². The van der Waals surface area contributed by atoms with E-state index in [1.807, 2.05) is 18.2 Å². The van der Waals surface area contributed by atoms with E-state index in [4.69, 9.17) is 5.73 Å². The number of nitrogens with two attached hydrogens (primary N) is 1. The molecular formula is C14H22N2O3S. The van der Waals surface area contributed by atoms with Crippen LogP contribution >= 0.6 is 0 Å². The highest BCUT2D eigenvalue weighted by molar-refractivity contribution is 7.92. The van der Waals surface area contributed by atoms with Gasteiger partial charge in [0.15, 0.2) is 9.84 Å². The van der Waals surface area contributed by atoms with Crippen molar-refractivity contribution in [3.63, 3.8) is 0 Å². The van der Waals surface area contributed by atoms with Crippen molar-refractivity contribution in [3.8, 4) is 0 Å². The molecule has 0 atom stereocenters. The molecule has 0 unspecified atom stereocenters. The molecule has 0 bridgehead atoms. The summed E-state index contributed by atoms with van der Waals surface area (Å²) >= 11 is 0. The number of anilines is 1. The number of amides is 1. The van der Waals surface area contributed by atoms with E-state index in [0.29, 0.717) is 12.1 Å². The van der Waals surface area contributed by atoms with Gasteiger partial charge in [-0.05, 0) is 31.9 Å². The van der Waals surface area contributed by atoms with Crippen LogP contribution in [0.3, 0.4) is 0 Å². The summed E-state index contributed by atoms with van der Waals surface area (Å²) in [6, 6.07) is 7.38. The Kier molecular flexibility index (Phi) is 5.16. The normalized spacial score (nSPS) is 12.2. The number of hydrogen-bond acceptors (Lipinski definition) is 4. The summed E-state index contributed by atoms with van der Waals surface area (Å²) < 4.78 is 22.1. The average molecular weight is 298 g/mol. The average Bonchev–Trinajstić information content (AvgIpc) is 2.34. The van der Waals surface area contributed by atoms with Crippen LogP contribution in [-0.4, -0.2) is 31.9 Å². The van der Waals surface area contributed by atoms with E-state index in [0.717, 1.165) is 5.56 Å². The van der Waals surface area contributed by atoms with E-state index in [1.165, 1.54) is 6.26 Å². The molecule has 3 N–H and O–H groups in total. The van der Waals surface area contributed by atoms with E-state index < -0.39 is 14.6 Å². The van der Waals surface area contributed by atoms with Crippen molar-refractivity contribution in [1.82, 2.24) is 5.32 Å². The van der Waals surface area contributed by atoms with Gasteiger partial charge in [-0.25, -0.2) is 8.42 Å². The van der Waals surface area contributed by atoms with Crippen molar-refractivity contribution >= 4 is 21.4 Å². The number of hydrogen-bond donors (Lipinski definition) is 2.